The van der Waals surface area contributed by atoms with Crippen molar-refractivity contribution in [2.75, 3.05) is 25.0 Å². The van der Waals surface area contributed by atoms with Crippen LogP contribution in [0.25, 0.3) is 0 Å². The summed E-state index contributed by atoms with van der Waals surface area (Å²) in [5, 5.41) is 3.00. The Balaban J connectivity index is 1.90. The summed E-state index contributed by atoms with van der Waals surface area (Å²) in [5.74, 6) is 0.818. The summed E-state index contributed by atoms with van der Waals surface area (Å²) in [6.07, 6.45) is 1.32. The second kappa shape index (κ2) is 4.89. The molecule has 0 aromatic heterocycles. The van der Waals surface area contributed by atoms with Crippen LogP contribution >= 0.6 is 27.7 Å². The fourth-order valence-corrected chi connectivity index (χ4v) is 3.87. The van der Waals surface area contributed by atoms with Gasteiger partial charge in [-0.25, -0.2) is 0 Å². The van der Waals surface area contributed by atoms with Gasteiger partial charge in [-0.15, -0.1) is 0 Å². The Morgan fingerprint density at radius 2 is 2.25 bits per heavy atom. The Hall–Kier alpha value is 0.300. The van der Waals surface area contributed by atoms with E-state index in [1.54, 1.807) is 0 Å². The summed E-state index contributed by atoms with van der Waals surface area (Å²) in [5.41, 5.74) is 0.438. The first-order valence-electron chi connectivity index (χ1n) is 6.02. The van der Waals surface area contributed by atoms with Gasteiger partial charge in [-0.2, -0.15) is 0 Å². The van der Waals surface area contributed by atoms with E-state index in [9.17, 15) is 0 Å². The van der Waals surface area contributed by atoms with E-state index >= 15 is 0 Å². The maximum Gasteiger partial charge on any atom is 0.159 e. The smallest absolute Gasteiger partial charge is 0.159 e. The van der Waals surface area contributed by atoms with Crippen molar-refractivity contribution in [1.82, 2.24) is 4.90 Å². The number of hydrogen-bond donors (Lipinski definition) is 0. The lowest BCUT2D eigenvalue weighted by Crippen LogP contribution is -2.29. The van der Waals surface area contributed by atoms with Crippen molar-refractivity contribution >= 4 is 32.9 Å². The fraction of sp³-hybridized carbons (Fsp3) is 0.917. The highest BCUT2D eigenvalue weighted by atomic mass is 79.9. The van der Waals surface area contributed by atoms with Crippen LogP contribution in [0.1, 0.15) is 27.2 Å². The first-order valence-corrected chi connectivity index (χ1v) is 8.03. The minimum absolute atomic E-state index is 0.438. The summed E-state index contributed by atoms with van der Waals surface area (Å²) in [7, 11) is 0. The topological polar surface area (TPSA) is 15.6 Å². The van der Waals surface area contributed by atoms with E-state index in [4.69, 9.17) is 0 Å². The largest absolute Gasteiger partial charge is 0.351 e. The number of rotatable bonds is 1. The molecule has 2 aliphatic rings. The molecule has 2 rings (SSSR count). The molecule has 1 saturated heterocycles. The van der Waals surface area contributed by atoms with Gasteiger partial charge in [0.2, 0.25) is 0 Å². The average molecular weight is 305 g/mol. The Morgan fingerprint density at radius 3 is 2.75 bits per heavy atom. The van der Waals surface area contributed by atoms with Crippen molar-refractivity contribution < 1.29 is 0 Å². The summed E-state index contributed by atoms with van der Waals surface area (Å²) in [6, 6.07) is 0. The summed E-state index contributed by atoms with van der Waals surface area (Å²) >= 11 is 5.49. The molecule has 2 heterocycles. The van der Waals surface area contributed by atoms with Crippen LogP contribution in [-0.4, -0.2) is 40.3 Å². The highest BCUT2D eigenvalue weighted by Gasteiger charge is 2.34. The van der Waals surface area contributed by atoms with Crippen LogP contribution in [0.3, 0.4) is 0 Å². The minimum Gasteiger partial charge on any atom is -0.351 e. The van der Waals surface area contributed by atoms with Crippen LogP contribution in [0.15, 0.2) is 4.99 Å². The minimum atomic E-state index is 0.438. The molecule has 1 fully saturated rings. The van der Waals surface area contributed by atoms with E-state index in [1.165, 1.54) is 24.7 Å². The lowest BCUT2D eigenvalue weighted by molar-refractivity contribution is 0.251. The molecule has 0 aliphatic carbocycles. The maximum absolute atomic E-state index is 4.66. The number of nitrogens with zero attached hydrogens (tertiary/aromatic N) is 2. The third-order valence-electron chi connectivity index (χ3n) is 3.56. The third kappa shape index (κ3) is 2.76. The molecular weight excluding hydrogens is 284 g/mol. The molecule has 2 aliphatic heterocycles. The van der Waals surface area contributed by atoms with E-state index in [1.807, 2.05) is 11.8 Å². The standard InChI is InChI=1S/C12H21BrN2S/c1-12(2,3)9-4-5-15(8-9)11-14-7-10(6-13)16-11/h9-10H,4-8H2,1-3H3. The van der Waals surface area contributed by atoms with Crippen LogP contribution in [0.2, 0.25) is 0 Å². The van der Waals surface area contributed by atoms with Gasteiger partial charge in [0.15, 0.2) is 5.17 Å². The first kappa shape index (κ1) is 12.7. The number of alkyl halides is 1. The van der Waals surface area contributed by atoms with E-state index in [0.29, 0.717) is 10.7 Å². The number of amidine groups is 1. The molecule has 0 bridgehead atoms. The van der Waals surface area contributed by atoms with Crippen molar-refractivity contribution in [3.8, 4) is 0 Å². The zero-order valence-corrected chi connectivity index (χ0v) is 12.8. The molecule has 92 valence electrons. The highest BCUT2D eigenvalue weighted by Crippen LogP contribution is 2.36. The van der Waals surface area contributed by atoms with Crippen molar-refractivity contribution in [2.45, 2.75) is 32.4 Å². The Morgan fingerprint density at radius 1 is 1.50 bits per heavy atom. The van der Waals surface area contributed by atoms with Gasteiger partial charge < -0.3 is 4.90 Å². The molecule has 0 radical (unpaired) electrons. The summed E-state index contributed by atoms with van der Waals surface area (Å²) < 4.78 is 0. The van der Waals surface area contributed by atoms with Crippen LogP contribution in [0.5, 0.6) is 0 Å². The molecule has 0 amide bonds. The Labute approximate surface area is 111 Å². The van der Waals surface area contributed by atoms with Gasteiger partial charge in [-0.3, -0.25) is 4.99 Å². The number of aliphatic imine (C=N–C) groups is 1. The van der Waals surface area contributed by atoms with Gasteiger partial charge in [0, 0.05) is 23.7 Å². The molecular formula is C12H21BrN2S. The van der Waals surface area contributed by atoms with Crippen LogP contribution < -0.4 is 0 Å². The summed E-state index contributed by atoms with van der Waals surface area (Å²) in [4.78, 5) is 7.15. The molecule has 0 aromatic carbocycles. The molecule has 2 unspecified atom stereocenters. The molecule has 0 saturated carbocycles. The van der Waals surface area contributed by atoms with Crippen molar-refractivity contribution in [3.05, 3.63) is 0 Å². The van der Waals surface area contributed by atoms with Gasteiger partial charge in [0.25, 0.3) is 0 Å². The molecule has 4 heteroatoms. The highest BCUT2D eigenvalue weighted by molar-refractivity contribution is 9.09. The molecule has 16 heavy (non-hydrogen) atoms. The molecule has 0 spiro atoms. The Bertz CT molecular complexity index is 285. The quantitative estimate of drug-likeness (QED) is 0.691. The van der Waals surface area contributed by atoms with Crippen LogP contribution in [0.4, 0.5) is 0 Å². The monoisotopic (exact) mass is 304 g/mol. The molecule has 0 N–H and O–H groups in total. The van der Waals surface area contributed by atoms with Gasteiger partial charge in [-0.05, 0) is 17.8 Å². The SMILES string of the molecule is CC(C)(C)C1CCN(C2=NCC(CBr)S2)C1. The lowest BCUT2D eigenvalue weighted by atomic mass is 9.80. The average Bonchev–Trinajstić information content (AvgIpc) is 2.85. The van der Waals surface area contributed by atoms with Crippen LogP contribution in [-0.2, 0) is 0 Å². The number of halogens is 1. The predicted molar refractivity (Wildman–Crippen MR) is 76.6 cm³/mol. The second-order valence-corrected chi connectivity index (χ2v) is 7.73. The van der Waals surface area contributed by atoms with Crippen molar-refractivity contribution in [1.29, 1.82) is 0 Å². The van der Waals surface area contributed by atoms with E-state index in [2.05, 4.69) is 46.6 Å². The van der Waals surface area contributed by atoms with Gasteiger partial charge in [0.05, 0.1) is 6.54 Å². The zero-order valence-electron chi connectivity index (χ0n) is 10.4. The molecule has 2 nitrogen and oxygen atoms in total. The number of likely N-dealkylation sites (tertiary alicyclic amines) is 1. The zero-order chi connectivity index (χ0) is 11.8. The summed E-state index contributed by atoms with van der Waals surface area (Å²) in [6.45, 7) is 10.4. The Kier molecular flexibility index (Phi) is 3.89. The van der Waals surface area contributed by atoms with E-state index in [-0.39, 0.29) is 0 Å². The van der Waals surface area contributed by atoms with E-state index in [0.717, 1.165) is 17.8 Å². The fourth-order valence-electron chi connectivity index (χ4n) is 2.30. The van der Waals surface area contributed by atoms with Gasteiger partial charge >= 0.3 is 0 Å². The van der Waals surface area contributed by atoms with Crippen molar-refractivity contribution in [2.24, 2.45) is 16.3 Å². The normalized spacial score (nSPS) is 31.0. The maximum atomic E-state index is 4.66. The van der Waals surface area contributed by atoms with Gasteiger partial charge in [0.1, 0.15) is 0 Å². The number of thioether (sulfide) groups is 1. The first-order chi connectivity index (χ1) is 7.50. The van der Waals surface area contributed by atoms with Crippen molar-refractivity contribution in [3.63, 3.8) is 0 Å². The molecule has 2 atom stereocenters. The van der Waals surface area contributed by atoms with E-state index < -0.39 is 0 Å². The number of hydrogen-bond acceptors (Lipinski definition) is 3. The predicted octanol–water partition coefficient (Wildman–Crippen LogP) is 3.22. The van der Waals surface area contributed by atoms with Crippen LogP contribution in [0, 0.1) is 11.3 Å². The van der Waals surface area contributed by atoms with Gasteiger partial charge in [-0.1, -0.05) is 48.5 Å². The second-order valence-electron chi connectivity index (χ2n) is 5.82. The lowest BCUT2D eigenvalue weighted by Gasteiger charge is -2.27. The molecule has 0 aromatic rings. The third-order valence-corrected chi connectivity index (χ3v) is 6.02.